The maximum atomic E-state index is 13.2. The maximum absolute atomic E-state index is 13.2. The van der Waals surface area contributed by atoms with E-state index in [4.69, 9.17) is 14.1 Å². The number of nitrogens with zero attached hydrogens (tertiary/aromatic N) is 1. The van der Waals surface area contributed by atoms with Gasteiger partial charge in [-0.3, -0.25) is 4.98 Å². The van der Waals surface area contributed by atoms with Crippen molar-refractivity contribution in [2.45, 2.75) is 45.3 Å². The first-order valence-electron chi connectivity index (χ1n) is 9.19. The van der Waals surface area contributed by atoms with E-state index < -0.39 is 29.3 Å². The fourth-order valence-corrected chi connectivity index (χ4v) is 2.46. The minimum atomic E-state index is -2.79. The van der Waals surface area contributed by atoms with Crippen LogP contribution in [0.4, 0.5) is 8.78 Å². The van der Waals surface area contributed by atoms with E-state index in [9.17, 15) is 18.7 Å². The van der Waals surface area contributed by atoms with Gasteiger partial charge in [-0.15, -0.1) is 0 Å². The van der Waals surface area contributed by atoms with E-state index in [2.05, 4.69) is 4.98 Å². The Hall–Kier alpha value is -2.52. The second-order valence-corrected chi connectivity index (χ2v) is 7.71. The average molecular weight is 420 g/mol. The molecule has 0 fully saturated rings. The number of esters is 1. The number of carbonyl (C=O) groups excluding carboxylic acids is 1. The Bertz CT molecular complexity index is 913. The molecule has 0 aliphatic rings. The van der Waals surface area contributed by atoms with Crippen molar-refractivity contribution in [2.24, 2.45) is 0 Å². The average Bonchev–Trinajstić information content (AvgIpc) is 2.70. The molecule has 1 N–H and O–H groups in total. The highest BCUT2D eigenvalue weighted by atomic mass is 19.3. The summed E-state index contributed by atoms with van der Waals surface area (Å²) in [6, 6.07) is 5.91. The van der Waals surface area contributed by atoms with Crippen molar-refractivity contribution in [1.82, 2.24) is 4.98 Å². The summed E-state index contributed by atoms with van der Waals surface area (Å²) in [7, 11) is 4.05. The van der Waals surface area contributed by atoms with Crippen molar-refractivity contribution in [3.63, 3.8) is 0 Å². The van der Waals surface area contributed by atoms with Crippen LogP contribution in [0.5, 0.6) is 5.75 Å². The van der Waals surface area contributed by atoms with E-state index in [-0.39, 0.29) is 16.9 Å². The highest BCUT2D eigenvalue weighted by Gasteiger charge is 2.35. The Morgan fingerprint density at radius 3 is 2.33 bits per heavy atom. The first kappa shape index (κ1) is 23.8. The summed E-state index contributed by atoms with van der Waals surface area (Å²) in [4.78, 5) is 16.0. The quantitative estimate of drug-likeness (QED) is 0.522. The van der Waals surface area contributed by atoms with Crippen LogP contribution in [0, 0.1) is 0 Å². The van der Waals surface area contributed by atoms with Crippen LogP contribution in [0.3, 0.4) is 0 Å². The number of hydrogen-bond acceptors (Lipinski definition) is 6. The molecular formula is C21H25BF2NO5. The molecule has 0 amide bonds. The van der Waals surface area contributed by atoms with Gasteiger partial charge in [-0.05, 0) is 45.4 Å². The highest BCUT2D eigenvalue weighted by Crippen LogP contribution is 2.34. The van der Waals surface area contributed by atoms with E-state index in [1.165, 1.54) is 40.0 Å². The largest absolute Gasteiger partial charge is 0.494 e. The van der Waals surface area contributed by atoms with Crippen LogP contribution in [0.25, 0.3) is 11.1 Å². The van der Waals surface area contributed by atoms with Crippen molar-refractivity contribution in [3.8, 4) is 16.9 Å². The molecule has 0 atom stereocenters. The summed E-state index contributed by atoms with van der Waals surface area (Å²) in [6.45, 7) is 6.71. The first-order chi connectivity index (χ1) is 13.9. The predicted octanol–water partition coefficient (Wildman–Crippen LogP) is 3.29. The SMILES string of the molecule is COC(=O)c1ccc([B]OC(C)(C)C(C)(C)O)cc1-c1cc(C(F)F)ncc1OC. The van der Waals surface area contributed by atoms with E-state index in [1.807, 2.05) is 0 Å². The zero-order valence-electron chi connectivity index (χ0n) is 17.8. The molecule has 9 heteroatoms. The summed E-state index contributed by atoms with van der Waals surface area (Å²) >= 11 is 0. The summed E-state index contributed by atoms with van der Waals surface area (Å²) in [5.74, 6) is -0.411. The smallest absolute Gasteiger partial charge is 0.338 e. The molecule has 6 nitrogen and oxygen atoms in total. The molecule has 1 aromatic carbocycles. The second-order valence-electron chi connectivity index (χ2n) is 7.71. The normalized spacial score (nSPS) is 12.1. The van der Waals surface area contributed by atoms with Gasteiger partial charge in [0.15, 0.2) is 0 Å². The first-order valence-corrected chi connectivity index (χ1v) is 9.19. The molecule has 1 radical (unpaired) electrons. The molecule has 1 heterocycles. The molecule has 1 aromatic heterocycles. The van der Waals surface area contributed by atoms with Crippen LogP contribution in [0.1, 0.15) is 50.2 Å². The van der Waals surface area contributed by atoms with Crippen LogP contribution in [-0.4, -0.2) is 49.0 Å². The van der Waals surface area contributed by atoms with Gasteiger partial charge >= 0.3 is 13.5 Å². The molecule has 2 rings (SSSR count). The number of aromatic nitrogens is 1. The predicted molar refractivity (Wildman–Crippen MR) is 109 cm³/mol. The molecular weight excluding hydrogens is 395 g/mol. The summed E-state index contributed by atoms with van der Waals surface area (Å²) < 4.78 is 42.3. The summed E-state index contributed by atoms with van der Waals surface area (Å²) in [5, 5.41) is 10.3. The number of pyridine rings is 1. The molecule has 161 valence electrons. The Labute approximate surface area is 175 Å². The van der Waals surface area contributed by atoms with Gasteiger partial charge in [-0.25, -0.2) is 13.6 Å². The lowest BCUT2D eigenvalue weighted by Gasteiger charge is -2.37. The van der Waals surface area contributed by atoms with Crippen LogP contribution in [0.2, 0.25) is 0 Å². The Balaban J connectivity index is 2.56. The lowest BCUT2D eigenvalue weighted by molar-refractivity contribution is -0.0893. The number of hydrogen-bond donors (Lipinski definition) is 1. The number of methoxy groups -OCH3 is 2. The fraction of sp³-hybridized carbons (Fsp3) is 0.429. The minimum Gasteiger partial charge on any atom is -0.494 e. The molecule has 0 spiro atoms. The third kappa shape index (κ3) is 5.15. The molecule has 0 unspecified atom stereocenters. The molecule has 0 bridgehead atoms. The number of carbonyl (C=O) groups is 1. The van der Waals surface area contributed by atoms with Gasteiger partial charge in [0.1, 0.15) is 11.4 Å². The van der Waals surface area contributed by atoms with Gasteiger partial charge in [-0.2, -0.15) is 0 Å². The molecule has 2 aromatic rings. The molecule has 0 saturated carbocycles. The highest BCUT2D eigenvalue weighted by molar-refractivity contribution is 6.47. The van der Waals surface area contributed by atoms with Gasteiger partial charge in [0.05, 0.1) is 37.2 Å². The Morgan fingerprint density at radius 1 is 1.13 bits per heavy atom. The van der Waals surface area contributed by atoms with Gasteiger partial charge < -0.3 is 19.2 Å². The van der Waals surface area contributed by atoms with Gasteiger partial charge in [0.2, 0.25) is 0 Å². The number of rotatable bonds is 8. The van der Waals surface area contributed by atoms with Gasteiger partial charge in [0.25, 0.3) is 6.43 Å². The maximum Gasteiger partial charge on any atom is 0.338 e. The third-order valence-corrected chi connectivity index (χ3v) is 5.03. The topological polar surface area (TPSA) is 77.9 Å². The van der Waals surface area contributed by atoms with Crippen molar-refractivity contribution in [3.05, 3.63) is 41.7 Å². The van der Waals surface area contributed by atoms with E-state index in [0.29, 0.717) is 11.0 Å². The third-order valence-electron chi connectivity index (χ3n) is 5.03. The van der Waals surface area contributed by atoms with Crippen LogP contribution < -0.4 is 10.2 Å². The molecule has 0 saturated heterocycles. The number of aliphatic hydroxyl groups is 1. The lowest BCUT2D eigenvalue weighted by Crippen LogP contribution is -2.49. The molecule has 30 heavy (non-hydrogen) atoms. The monoisotopic (exact) mass is 420 g/mol. The van der Waals surface area contributed by atoms with E-state index in [1.54, 1.807) is 39.8 Å². The van der Waals surface area contributed by atoms with Crippen molar-refractivity contribution < 1.29 is 32.8 Å². The lowest BCUT2D eigenvalue weighted by atomic mass is 9.80. The summed E-state index contributed by atoms with van der Waals surface area (Å²) in [6.07, 6.45) is -1.61. The second kappa shape index (κ2) is 9.10. The minimum absolute atomic E-state index is 0.168. The summed E-state index contributed by atoms with van der Waals surface area (Å²) in [5.41, 5.74) is -1.19. The zero-order valence-corrected chi connectivity index (χ0v) is 17.8. The van der Waals surface area contributed by atoms with Crippen molar-refractivity contribution in [2.75, 3.05) is 14.2 Å². The van der Waals surface area contributed by atoms with Crippen molar-refractivity contribution >= 4 is 18.9 Å². The zero-order chi connectivity index (χ0) is 22.7. The standard InChI is InChI=1S/C21H25BF2NO5/c1-20(2,27)21(3,4)30-22-12-7-8-13(19(26)29-6)14(9-12)15-10-16(18(23)24)25-11-17(15)28-5/h7-11,18,27H,1-6H3. The number of benzene rings is 1. The molecule has 0 aliphatic heterocycles. The van der Waals surface area contributed by atoms with Crippen molar-refractivity contribution in [1.29, 1.82) is 0 Å². The number of ether oxygens (including phenoxy) is 2. The van der Waals surface area contributed by atoms with E-state index >= 15 is 0 Å². The fourth-order valence-electron chi connectivity index (χ4n) is 2.46. The molecule has 0 aliphatic carbocycles. The Kier molecular flexibility index (Phi) is 7.20. The van der Waals surface area contributed by atoms with Crippen LogP contribution in [0.15, 0.2) is 30.5 Å². The van der Waals surface area contributed by atoms with E-state index in [0.717, 1.165) is 0 Å². The Morgan fingerprint density at radius 2 is 1.80 bits per heavy atom. The van der Waals surface area contributed by atoms with Gasteiger partial charge in [0, 0.05) is 5.56 Å². The number of alkyl halides is 2. The number of halogens is 2. The van der Waals surface area contributed by atoms with Crippen LogP contribution >= 0.6 is 0 Å². The van der Waals surface area contributed by atoms with Gasteiger partial charge in [-0.1, -0.05) is 17.6 Å². The van der Waals surface area contributed by atoms with Crippen LogP contribution in [-0.2, 0) is 9.39 Å².